The van der Waals surface area contributed by atoms with E-state index in [1.807, 2.05) is 12.1 Å². The van der Waals surface area contributed by atoms with E-state index < -0.39 is 20.0 Å². The molecule has 0 saturated carbocycles. The Balaban J connectivity index is 0.000000160. The van der Waals surface area contributed by atoms with E-state index in [2.05, 4.69) is 24.3 Å². The van der Waals surface area contributed by atoms with Crippen LogP contribution in [0.3, 0.4) is 0 Å². The topological polar surface area (TPSA) is 121 Å². The maximum absolute atomic E-state index is 12.3. The van der Waals surface area contributed by atoms with Crippen LogP contribution in [0.4, 0.5) is 16.0 Å². The minimum atomic E-state index is -3.58. The molecule has 6 rings (SSSR count). The normalized spacial score (nSPS) is 14.3. The van der Waals surface area contributed by atoms with Crippen LogP contribution in [-0.4, -0.2) is 45.8 Å². The molecule has 2 aromatic heterocycles. The molecule has 1 aliphatic heterocycles. The number of fused-ring (bicyclic) bond motifs is 2. The van der Waals surface area contributed by atoms with E-state index in [0.29, 0.717) is 21.0 Å². The average Bonchev–Trinajstić information content (AvgIpc) is 3.72. The summed E-state index contributed by atoms with van der Waals surface area (Å²) >= 11 is 8.30. The van der Waals surface area contributed by atoms with Gasteiger partial charge < -0.3 is 4.90 Å². The van der Waals surface area contributed by atoms with Gasteiger partial charge in [-0.05, 0) is 72.7 Å². The fourth-order valence-corrected chi connectivity index (χ4v) is 8.44. The van der Waals surface area contributed by atoms with Gasteiger partial charge in [0, 0.05) is 47.8 Å². The number of benzene rings is 2. The molecule has 0 spiro atoms. The molecule has 0 amide bonds. The van der Waals surface area contributed by atoms with Crippen molar-refractivity contribution in [3.05, 3.63) is 76.2 Å². The molecular formula is C25H26ClN5O4S4. The SMILES string of the molecule is O=S(=O)(Nc1nccs1)c1ccc2c(c1)CCC2.O=S(=O)(Nc1nccs1)c1ccc2c(c1)CCN2CCCl. The summed E-state index contributed by atoms with van der Waals surface area (Å²) < 4.78 is 53.9. The van der Waals surface area contributed by atoms with Crippen LogP contribution < -0.4 is 14.3 Å². The highest BCUT2D eigenvalue weighted by Crippen LogP contribution is 2.31. The molecule has 0 unspecified atom stereocenters. The summed E-state index contributed by atoms with van der Waals surface area (Å²) in [6.45, 7) is 1.66. The number of alkyl halides is 1. The third kappa shape index (κ3) is 6.55. The summed E-state index contributed by atoms with van der Waals surface area (Å²) in [6, 6.07) is 10.6. The van der Waals surface area contributed by atoms with Crippen molar-refractivity contribution < 1.29 is 16.8 Å². The van der Waals surface area contributed by atoms with Crippen LogP contribution in [0.2, 0.25) is 0 Å². The van der Waals surface area contributed by atoms with Crippen molar-refractivity contribution in [2.24, 2.45) is 0 Å². The van der Waals surface area contributed by atoms with Crippen LogP contribution in [0.5, 0.6) is 0 Å². The lowest BCUT2D eigenvalue weighted by Crippen LogP contribution is -2.22. The Morgan fingerprint density at radius 3 is 1.97 bits per heavy atom. The van der Waals surface area contributed by atoms with Crippen LogP contribution in [0.25, 0.3) is 0 Å². The molecular weight excluding hydrogens is 598 g/mol. The average molecular weight is 624 g/mol. The van der Waals surface area contributed by atoms with Crippen molar-refractivity contribution >= 4 is 70.3 Å². The minimum Gasteiger partial charge on any atom is -0.370 e. The molecule has 0 radical (unpaired) electrons. The number of nitrogens with zero attached hydrogens (tertiary/aromatic N) is 3. The highest BCUT2D eigenvalue weighted by atomic mass is 35.5. The second-order valence-corrected chi connectivity index (χ2v) is 14.4. The number of hydrogen-bond donors (Lipinski definition) is 2. The van der Waals surface area contributed by atoms with Crippen molar-refractivity contribution in [2.75, 3.05) is 33.3 Å². The first-order valence-electron chi connectivity index (χ1n) is 12.2. The first-order chi connectivity index (χ1) is 18.7. The number of thiazole rings is 2. The summed E-state index contributed by atoms with van der Waals surface area (Å²) in [5, 5.41) is 4.24. The lowest BCUT2D eigenvalue weighted by atomic mass is 10.1. The molecule has 0 fully saturated rings. The van der Waals surface area contributed by atoms with E-state index in [1.165, 1.54) is 28.2 Å². The van der Waals surface area contributed by atoms with Crippen LogP contribution in [0, 0.1) is 0 Å². The van der Waals surface area contributed by atoms with Crippen molar-refractivity contribution in [1.82, 2.24) is 9.97 Å². The molecule has 0 saturated heterocycles. The number of rotatable bonds is 8. The molecule has 39 heavy (non-hydrogen) atoms. The van der Waals surface area contributed by atoms with Gasteiger partial charge in [-0.1, -0.05) is 6.07 Å². The number of sulfonamides is 2. The Morgan fingerprint density at radius 1 is 0.795 bits per heavy atom. The van der Waals surface area contributed by atoms with Gasteiger partial charge in [-0.2, -0.15) is 0 Å². The highest BCUT2D eigenvalue weighted by Gasteiger charge is 2.23. The first-order valence-corrected chi connectivity index (χ1v) is 17.4. The molecule has 9 nitrogen and oxygen atoms in total. The smallest absolute Gasteiger partial charge is 0.263 e. The van der Waals surface area contributed by atoms with Crippen molar-refractivity contribution in [3.63, 3.8) is 0 Å². The quantitative estimate of drug-likeness (QED) is 0.266. The predicted octanol–water partition coefficient (Wildman–Crippen LogP) is 4.98. The molecule has 3 heterocycles. The lowest BCUT2D eigenvalue weighted by molar-refractivity contribution is 0.599. The monoisotopic (exact) mass is 623 g/mol. The minimum absolute atomic E-state index is 0.268. The Hall–Kier alpha value is -2.71. The number of anilines is 3. The third-order valence-electron chi connectivity index (χ3n) is 6.40. The van der Waals surface area contributed by atoms with Gasteiger partial charge in [-0.15, -0.1) is 34.3 Å². The van der Waals surface area contributed by atoms with Crippen LogP contribution in [0.1, 0.15) is 23.1 Å². The van der Waals surface area contributed by atoms with Gasteiger partial charge in [0.2, 0.25) is 0 Å². The Bertz CT molecular complexity index is 1640. The van der Waals surface area contributed by atoms with E-state index in [4.69, 9.17) is 11.6 Å². The summed E-state index contributed by atoms with van der Waals surface area (Å²) in [4.78, 5) is 10.6. The standard InChI is InChI=1S/C13H14ClN3O2S2.C12H12N2O2S2/c14-4-7-17-6-3-10-9-11(1-2-12(10)17)21(18,19)16-13-15-5-8-20-13;15-18(16,14-12-13-6-7-17-12)11-5-4-9-2-1-3-10(9)8-11/h1-2,5,8-9H,3-4,6-7H2,(H,15,16);4-8H,1-3H2,(H,13,14). The Morgan fingerprint density at radius 2 is 1.38 bits per heavy atom. The van der Waals surface area contributed by atoms with E-state index in [-0.39, 0.29) is 4.90 Å². The zero-order valence-electron chi connectivity index (χ0n) is 20.7. The fourth-order valence-electron chi connectivity index (χ4n) is 4.56. The van der Waals surface area contributed by atoms with Gasteiger partial charge in [0.25, 0.3) is 20.0 Å². The maximum Gasteiger partial charge on any atom is 0.263 e. The molecule has 14 heteroatoms. The van der Waals surface area contributed by atoms with Gasteiger partial charge >= 0.3 is 0 Å². The number of nitrogens with one attached hydrogen (secondary N) is 2. The molecule has 2 aromatic carbocycles. The summed E-state index contributed by atoms with van der Waals surface area (Å²) in [5.74, 6) is 0.561. The van der Waals surface area contributed by atoms with Crippen LogP contribution in [-0.2, 0) is 39.3 Å². The van der Waals surface area contributed by atoms with Crippen molar-refractivity contribution in [3.8, 4) is 0 Å². The van der Waals surface area contributed by atoms with Crippen LogP contribution >= 0.6 is 34.3 Å². The Kier molecular flexibility index (Phi) is 8.43. The van der Waals surface area contributed by atoms with E-state index in [1.54, 1.807) is 47.4 Å². The predicted molar refractivity (Wildman–Crippen MR) is 157 cm³/mol. The third-order valence-corrected chi connectivity index (χ3v) is 10.9. The van der Waals surface area contributed by atoms with Gasteiger partial charge in [0.15, 0.2) is 10.3 Å². The van der Waals surface area contributed by atoms with Gasteiger partial charge in [0.05, 0.1) is 9.79 Å². The largest absolute Gasteiger partial charge is 0.370 e. The molecule has 1 aliphatic carbocycles. The van der Waals surface area contributed by atoms with Crippen molar-refractivity contribution in [1.29, 1.82) is 0 Å². The van der Waals surface area contributed by atoms with E-state index in [9.17, 15) is 16.8 Å². The molecule has 4 aromatic rings. The number of aromatic nitrogens is 2. The number of halogens is 1. The zero-order chi connectivity index (χ0) is 27.5. The highest BCUT2D eigenvalue weighted by molar-refractivity contribution is 7.93. The zero-order valence-corrected chi connectivity index (χ0v) is 24.7. The van der Waals surface area contributed by atoms with E-state index in [0.717, 1.165) is 55.6 Å². The van der Waals surface area contributed by atoms with Gasteiger partial charge in [0.1, 0.15) is 0 Å². The second-order valence-electron chi connectivity index (χ2n) is 8.89. The van der Waals surface area contributed by atoms with Crippen molar-refractivity contribution in [2.45, 2.75) is 35.5 Å². The maximum atomic E-state index is 12.3. The molecule has 0 atom stereocenters. The molecule has 0 bridgehead atoms. The summed E-state index contributed by atoms with van der Waals surface area (Å²) in [5.41, 5.74) is 4.53. The van der Waals surface area contributed by atoms with Crippen LogP contribution in [0.15, 0.2) is 69.3 Å². The number of hydrogen-bond acceptors (Lipinski definition) is 9. The fraction of sp³-hybridized carbons (Fsp3) is 0.280. The molecule has 2 aliphatic rings. The number of aryl methyl sites for hydroxylation is 2. The van der Waals surface area contributed by atoms with Gasteiger partial charge in [-0.3, -0.25) is 9.44 Å². The van der Waals surface area contributed by atoms with Gasteiger partial charge in [-0.25, -0.2) is 26.8 Å². The molecule has 206 valence electrons. The Labute approximate surface area is 241 Å². The van der Waals surface area contributed by atoms with E-state index >= 15 is 0 Å². The molecule has 2 N–H and O–H groups in total. The second kappa shape index (κ2) is 11.8. The lowest BCUT2D eigenvalue weighted by Gasteiger charge is -2.17. The first kappa shape index (κ1) is 27.8. The summed E-state index contributed by atoms with van der Waals surface area (Å²) in [6.07, 6.45) is 7.11. The summed E-state index contributed by atoms with van der Waals surface area (Å²) in [7, 11) is -7.09.